The molecule has 3 amide bonds. The van der Waals surface area contributed by atoms with E-state index in [4.69, 9.17) is 4.42 Å². The molecule has 1 unspecified atom stereocenters. The summed E-state index contributed by atoms with van der Waals surface area (Å²) in [6, 6.07) is 8.73. The van der Waals surface area contributed by atoms with Crippen molar-refractivity contribution in [3.05, 3.63) is 52.9 Å². The fraction of sp³-hybridized carbons (Fsp3) is 0.250. The third-order valence-electron chi connectivity index (χ3n) is 4.05. The Labute approximate surface area is 153 Å². The summed E-state index contributed by atoms with van der Waals surface area (Å²) >= 11 is 3.24. The second-order valence-corrected chi connectivity index (χ2v) is 8.79. The van der Waals surface area contributed by atoms with Crippen LogP contribution in [0.1, 0.15) is 12.7 Å². The zero-order valence-corrected chi connectivity index (χ0v) is 15.6. The van der Waals surface area contributed by atoms with E-state index >= 15 is 0 Å². The number of urea groups is 1. The van der Waals surface area contributed by atoms with Crippen molar-refractivity contribution in [1.82, 2.24) is 10.2 Å². The van der Waals surface area contributed by atoms with Gasteiger partial charge in [0.15, 0.2) is 15.4 Å². The summed E-state index contributed by atoms with van der Waals surface area (Å²) in [4.78, 5) is 25.8. The minimum Gasteiger partial charge on any atom is -0.466 e. The van der Waals surface area contributed by atoms with E-state index in [0.29, 0.717) is 5.76 Å². The number of sulfone groups is 1. The number of imide groups is 1. The van der Waals surface area contributed by atoms with Crippen LogP contribution in [-0.4, -0.2) is 37.6 Å². The number of nitrogens with one attached hydrogen (secondary N) is 1. The number of furan rings is 1. The Bertz CT molecular complexity index is 909. The van der Waals surface area contributed by atoms with E-state index in [-0.39, 0.29) is 17.2 Å². The van der Waals surface area contributed by atoms with Crippen LogP contribution in [0.3, 0.4) is 0 Å². The molecule has 132 valence electrons. The van der Waals surface area contributed by atoms with E-state index in [9.17, 15) is 18.0 Å². The predicted octanol–water partition coefficient (Wildman–Crippen LogP) is 2.28. The third kappa shape index (κ3) is 3.21. The average molecular weight is 427 g/mol. The molecule has 1 aromatic carbocycles. The minimum atomic E-state index is -3.62. The van der Waals surface area contributed by atoms with Crippen molar-refractivity contribution < 1.29 is 22.4 Å². The van der Waals surface area contributed by atoms with Gasteiger partial charge in [0.1, 0.15) is 5.76 Å². The molecule has 0 spiro atoms. The molecule has 1 fully saturated rings. The van der Waals surface area contributed by atoms with Crippen LogP contribution in [0.4, 0.5) is 4.79 Å². The lowest BCUT2D eigenvalue weighted by Gasteiger charge is -2.19. The molecule has 25 heavy (non-hydrogen) atoms. The van der Waals surface area contributed by atoms with Gasteiger partial charge in [-0.05, 0) is 43.3 Å². The van der Waals surface area contributed by atoms with Crippen LogP contribution in [0.2, 0.25) is 0 Å². The first-order valence-electron chi connectivity index (χ1n) is 7.40. The maximum absolute atomic E-state index is 12.6. The number of carbonyl (C=O) groups excluding carboxylic acids is 2. The van der Waals surface area contributed by atoms with Crippen molar-refractivity contribution in [2.45, 2.75) is 17.4 Å². The first kappa shape index (κ1) is 17.7. The van der Waals surface area contributed by atoms with E-state index < -0.39 is 27.3 Å². The van der Waals surface area contributed by atoms with Crippen molar-refractivity contribution >= 4 is 37.7 Å². The SMILES string of the molecule is CC1(c2ccco2)NC(=O)N(CCS(=O)(=O)c2ccc(Br)cc2)C1=O. The Kier molecular flexibility index (Phi) is 4.46. The largest absolute Gasteiger partial charge is 0.466 e. The van der Waals surface area contributed by atoms with Crippen LogP contribution in [0.25, 0.3) is 0 Å². The molecule has 1 atom stereocenters. The zero-order valence-electron chi connectivity index (χ0n) is 13.2. The minimum absolute atomic E-state index is 0.136. The van der Waals surface area contributed by atoms with Gasteiger partial charge >= 0.3 is 6.03 Å². The highest BCUT2D eigenvalue weighted by Gasteiger charge is 2.50. The summed E-state index contributed by atoms with van der Waals surface area (Å²) in [6.07, 6.45) is 1.40. The molecular formula is C16H15BrN2O5S. The van der Waals surface area contributed by atoms with Gasteiger partial charge in [0.25, 0.3) is 5.91 Å². The Morgan fingerprint density at radius 3 is 2.48 bits per heavy atom. The molecule has 0 bridgehead atoms. The highest BCUT2D eigenvalue weighted by atomic mass is 79.9. The van der Waals surface area contributed by atoms with Crippen molar-refractivity contribution in [1.29, 1.82) is 0 Å². The van der Waals surface area contributed by atoms with Gasteiger partial charge in [-0.25, -0.2) is 13.2 Å². The summed E-state index contributed by atoms with van der Waals surface area (Å²) in [5.74, 6) is -0.607. The van der Waals surface area contributed by atoms with Gasteiger partial charge in [-0.15, -0.1) is 0 Å². The summed E-state index contributed by atoms with van der Waals surface area (Å²) in [6.45, 7) is 1.29. The fourth-order valence-electron chi connectivity index (χ4n) is 2.60. The topological polar surface area (TPSA) is 96.7 Å². The molecule has 1 N–H and O–H groups in total. The van der Waals surface area contributed by atoms with E-state index in [1.54, 1.807) is 24.3 Å². The van der Waals surface area contributed by atoms with Crippen molar-refractivity contribution in [3.63, 3.8) is 0 Å². The van der Waals surface area contributed by atoms with Crippen LogP contribution in [0.15, 0.2) is 56.4 Å². The maximum Gasteiger partial charge on any atom is 0.325 e. The highest BCUT2D eigenvalue weighted by Crippen LogP contribution is 2.29. The van der Waals surface area contributed by atoms with Crippen LogP contribution in [0, 0.1) is 0 Å². The molecule has 2 aromatic rings. The molecule has 3 rings (SSSR count). The second-order valence-electron chi connectivity index (χ2n) is 5.76. The van der Waals surface area contributed by atoms with Crippen LogP contribution in [-0.2, 0) is 20.2 Å². The second kappa shape index (κ2) is 6.30. The highest BCUT2D eigenvalue weighted by molar-refractivity contribution is 9.10. The van der Waals surface area contributed by atoms with Gasteiger partial charge in [-0.2, -0.15) is 0 Å². The maximum atomic E-state index is 12.6. The Morgan fingerprint density at radius 2 is 1.88 bits per heavy atom. The molecule has 0 aliphatic carbocycles. The summed E-state index contributed by atoms with van der Waals surface area (Å²) in [7, 11) is -3.62. The van der Waals surface area contributed by atoms with E-state index in [2.05, 4.69) is 21.2 Å². The van der Waals surface area contributed by atoms with Crippen molar-refractivity contribution in [2.24, 2.45) is 0 Å². The number of hydrogen-bond donors (Lipinski definition) is 1. The lowest BCUT2D eigenvalue weighted by atomic mass is 9.99. The van der Waals surface area contributed by atoms with E-state index in [1.807, 2.05) is 0 Å². The number of hydrogen-bond acceptors (Lipinski definition) is 5. The summed E-state index contributed by atoms with van der Waals surface area (Å²) in [5.41, 5.74) is -1.33. The molecule has 1 aromatic heterocycles. The lowest BCUT2D eigenvalue weighted by Crippen LogP contribution is -2.41. The monoisotopic (exact) mass is 426 g/mol. The fourth-order valence-corrected chi connectivity index (χ4v) is 4.08. The van der Waals surface area contributed by atoms with Crippen LogP contribution >= 0.6 is 15.9 Å². The van der Waals surface area contributed by atoms with E-state index in [0.717, 1.165) is 9.37 Å². The van der Waals surface area contributed by atoms with Gasteiger partial charge in [-0.3, -0.25) is 9.69 Å². The first-order chi connectivity index (χ1) is 11.7. The van der Waals surface area contributed by atoms with Crippen LogP contribution in [0.5, 0.6) is 0 Å². The van der Waals surface area contributed by atoms with Gasteiger partial charge in [0.2, 0.25) is 0 Å². The number of carbonyl (C=O) groups is 2. The molecular weight excluding hydrogens is 412 g/mol. The summed E-state index contributed by atoms with van der Waals surface area (Å²) in [5, 5.41) is 2.56. The normalized spacial score (nSPS) is 20.8. The molecule has 1 aliphatic rings. The van der Waals surface area contributed by atoms with Gasteiger partial charge in [-0.1, -0.05) is 15.9 Å². The molecule has 1 saturated heterocycles. The van der Waals surface area contributed by atoms with Gasteiger partial charge in [0.05, 0.1) is 16.9 Å². The van der Waals surface area contributed by atoms with Crippen molar-refractivity contribution in [2.75, 3.05) is 12.3 Å². The standard InChI is InChI=1S/C16H15BrN2O5S/c1-16(13-3-2-9-24-13)14(20)19(15(21)18-16)8-10-25(22,23)12-6-4-11(17)5-7-12/h2-7,9H,8,10H2,1H3,(H,18,21). The van der Waals surface area contributed by atoms with Gasteiger partial charge < -0.3 is 9.73 Å². The lowest BCUT2D eigenvalue weighted by molar-refractivity contribution is -0.131. The Balaban J connectivity index is 1.76. The third-order valence-corrected chi connectivity index (χ3v) is 6.28. The molecule has 0 saturated carbocycles. The number of amides is 3. The van der Waals surface area contributed by atoms with E-state index in [1.165, 1.54) is 25.3 Å². The first-order valence-corrected chi connectivity index (χ1v) is 9.85. The predicted molar refractivity (Wildman–Crippen MR) is 92.5 cm³/mol. The quantitative estimate of drug-likeness (QED) is 0.739. The number of halogens is 1. The number of benzene rings is 1. The Morgan fingerprint density at radius 1 is 1.20 bits per heavy atom. The molecule has 9 heteroatoms. The van der Waals surface area contributed by atoms with Crippen molar-refractivity contribution in [3.8, 4) is 0 Å². The Hall–Kier alpha value is -2.13. The smallest absolute Gasteiger partial charge is 0.325 e. The molecule has 2 heterocycles. The number of rotatable bonds is 5. The number of nitrogens with zero attached hydrogens (tertiary/aromatic N) is 1. The van der Waals surface area contributed by atoms with Crippen LogP contribution < -0.4 is 5.32 Å². The zero-order chi connectivity index (χ0) is 18.2. The average Bonchev–Trinajstić information content (AvgIpc) is 3.16. The van der Waals surface area contributed by atoms with Gasteiger partial charge in [0, 0.05) is 11.0 Å². The molecule has 1 aliphatic heterocycles. The summed E-state index contributed by atoms with van der Waals surface area (Å²) < 4.78 is 30.8. The molecule has 0 radical (unpaired) electrons. The molecule has 7 nitrogen and oxygen atoms in total.